The molecule has 1 aromatic carbocycles. The standard InChI is InChI=1S/C16H22N2O/c1-3-8-14(9-4-2)16-17-15(18-19-16)12-13-10-6-5-7-11-13/h5-7,10-11,14H,3-4,8-9,12H2,1-2H3. The van der Waals surface area contributed by atoms with Crippen LogP contribution in [0.1, 0.15) is 62.7 Å². The van der Waals surface area contributed by atoms with E-state index in [1.165, 1.54) is 5.56 Å². The van der Waals surface area contributed by atoms with Crippen molar-refractivity contribution < 1.29 is 4.52 Å². The van der Waals surface area contributed by atoms with Gasteiger partial charge in [-0.05, 0) is 18.4 Å². The first-order chi connectivity index (χ1) is 9.33. The third kappa shape index (κ3) is 3.91. The van der Waals surface area contributed by atoms with Crippen molar-refractivity contribution >= 4 is 0 Å². The normalized spacial score (nSPS) is 11.1. The Morgan fingerprint density at radius 3 is 2.37 bits per heavy atom. The van der Waals surface area contributed by atoms with Gasteiger partial charge in [0.2, 0.25) is 5.89 Å². The molecule has 0 radical (unpaired) electrons. The van der Waals surface area contributed by atoms with E-state index in [1.807, 2.05) is 18.2 Å². The molecule has 0 fully saturated rings. The zero-order valence-corrected chi connectivity index (χ0v) is 11.8. The second-order valence-electron chi connectivity index (χ2n) is 4.99. The average molecular weight is 258 g/mol. The van der Waals surface area contributed by atoms with Gasteiger partial charge in [0.05, 0.1) is 0 Å². The van der Waals surface area contributed by atoms with Crippen LogP contribution in [0.2, 0.25) is 0 Å². The first-order valence-corrected chi connectivity index (χ1v) is 7.19. The molecule has 1 aromatic heterocycles. The van der Waals surface area contributed by atoms with E-state index in [1.54, 1.807) is 0 Å². The summed E-state index contributed by atoms with van der Waals surface area (Å²) in [5.74, 6) is 2.03. The predicted molar refractivity (Wildman–Crippen MR) is 76.1 cm³/mol. The fourth-order valence-corrected chi connectivity index (χ4v) is 2.37. The topological polar surface area (TPSA) is 38.9 Å². The van der Waals surface area contributed by atoms with Gasteiger partial charge in [0, 0.05) is 12.3 Å². The fourth-order valence-electron chi connectivity index (χ4n) is 2.37. The Bertz CT molecular complexity index is 473. The number of rotatable bonds is 7. The zero-order valence-electron chi connectivity index (χ0n) is 11.8. The molecule has 0 saturated heterocycles. The molecule has 0 N–H and O–H groups in total. The van der Waals surface area contributed by atoms with E-state index in [-0.39, 0.29) is 0 Å². The molecule has 0 bridgehead atoms. The summed E-state index contributed by atoms with van der Waals surface area (Å²) >= 11 is 0. The highest BCUT2D eigenvalue weighted by Gasteiger charge is 2.17. The summed E-state index contributed by atoms with van der Waals surface area (Å²) in [4.78, 5) is 4.57. The molecule has 0 atom stereocenters. The van der Waals surface area contributed by atoms with Crippen molar-refractivity contribution in [3.8, 4) is 0 Å². The first-order valence-electron chi connectivity index (χ1n) is 7.19. The lowest BCUT2D eigenvalue weighted by molar-refractivity contribution is 0.334. The lowest BCUT2D eigenvalue weighted by Gasteiger charge is -2.08. The Hall–Kier alpha value is -1.64. The van der Waals surface area contributed by atoms with Crippen LogP contribution in [0, 0.1) is 0 Å². The van der Waals surface area contributed by atoms with E-state index in [4.69, 9.17) is 4.52 Å². The maximum atomic E-state index is 5.44. The van der Waals surface area contributed by atoms with Gasteiger partial charge in [-0.1, -0.05) is 62.2 Å². The van der Waals surface area contributed by atoms with Crippen LogP contribution < -0.4 is 0 Å². The molecule has 3 heteroatoms. The second kappa shape index (κ2) is 7.07. The highest BCUT2D eigenvalue weighted by atomic mass is 16.5. The minimum atomic E-state index is 0.423. The van der Waals surface area contributed by atoms with E-state index in [2.05, 4.69) is 36.1 Å². The van der Waals surface area contributed by atoms with Gasteiger partial charge in [-0.2, -0.15) is 4.98 Å². The monoisotopic (exact) mass is 258 g/mol. The quantitative estimate of drug-likeness (QED) is 0.741. The van der Waals surface area contributed by atoms with Crippen LogP contribution in [0.5, 0.6) is 0 Å². The van der Waals surface area contributed by atoms with Crippen LogP contribution in [0.3, 0.4) is 0 Å². The van der Waals surface area contributed by atoms with Crippen molar-refractivity contribution in [3.63, 3.8) is 0 Å². The zero-order chi connectivity index (χ0) is 13.5. The minimum absolute atomic E-state index is 0.423. The summed E-state index contributed by atoms with van der Waals surface area (Å²) in [7, 11) is 0. The van der Waals surface area contributed by atoms with Gasteiger partial charge in [-0.25, -0.2) is 0 Å². The van der Waals surface area contributed by atoms with Crippen LogP contribution in [0.4, 0.5) is 0 Å². The van der Waals surface area contributed by atoms with Gasteiger partial charge >= 0.3 is 0 Å². The molecule has 1 heterocycles. The second-order valence-corrected chi connectivity index (χ2v) is 4.99. The van der Waals surface area contributed by atoms with Crippen LogP contribution in [0.25, 0.3) is 0 Å². The van der Waals surface area contributed by atoms with Crippen LogP contribution in [-0.4, -0.2) is 10.1 Å². The summed E-state index contributed by atoms with van der Waals surface area (Å²) in [5, 5.41) is 4.11. The van der Waals surface area contributed by atoms with Crippen LogP contribution >= 0.6 is 0 Å². The van der Waals surface area contributed by atoms with E-state index < -0.39 is 0 Å². The Morgan fingerprint density at radius 2 is 1.74 bits per heavy atom. The Morgan fingerprint density at radius 1 is 1.05 bits per heavy atom. The molecule has 0 saturated carbocycles. The predicted octanol–water partition coefficient (Wildman–Crippen LogP) is 4.34. The maximum absolute atomic E-state index is 5.44. The summed E-state index contributed by atoms with van der Waals surface area (Å²) in [6, 6.07) is 10.3. The van der Waals surface area contributed by atoms with Crippen molar-refractivity contribution in [2.45, 2.75) is 51.9 Å². The molecule has 2 rings (SSSR count). The smallest absolute Gasteiger partial charge is 0.229 e. The largest absolute Gasteiger partial charge is 0.339 e. The molecule has 102 valence electrons. The van der Waals surface area contributed by atoms with Gasteiger partial charge in [-0.15, -0.1) is 0 Å². The number of hydrogen-bond acceptors (Lipinski definition) is 3. The molecule has 0 aliphatic heterocycles. The number of aromatic nitrogens is 2. The van der Waals surface area contributed by atoms with Crippen molar-refractivity contribution in [1.82, 2.24) is 10.1 Å². The van der Waals surface area contributed by atoms with Crippen molar-refractivity contribution in [1.29, 1.82) is 0 Å². The molecule has 0 aliphatic carbocycles. The summed E-state index contributed by atoms with van der Waals surface area (Å²) in [5.41, 5.74) is 1.22. The van der Waals surface area contributed by atoms with Crippen molar-refractivity contribution in [3.05, 3.63) is 47.6 Å². The van der Waals surface area contributed by atoms with Crippen LogP contribution in [-0.2, 0) is 6.42 Å². The molecule has 19 heavy (non-hydrogen) atoms. The average Bonchev–Trinajstić information content (AvgIpc) is 2.88. The van der Waals surface area contributed by atoms with Gasteiger partial charge < -0.3 is 4.52 Å². The van der Waals surface area contributed by atoms with Crippen molar-refractivity contribution in [2.75, 3.05) is 0 Å². The van der Waals surface area contributed by atoms with Crippen LogP contribution in [0.15, 0.2) is 34.9 Å². The summed E-state index contributed by atoms with van der Waals surface area (Å²) < 4.78 is 5.44. The highest BCUT2D eigenvalue weighted by molar-refractivity contribution is 5.18. The first kappa shape index (κ1) is 13.8. The molecule has 0 aliphatic rings. The summed E-state index contributed by atoms with van der Waals surface area (Å²) in [6.45, 7) is 4.40. The molecular formula is C16H22N2O. The number of nitrogens with zero attached hydrogens (tertiary/aromatic N) is 2. The molecular weight excluding hydrogens is 236 g/mol. The Kier molecular flexibility index (Phi) is 5.13. The molecule has 0 spiro atoms. The number of benzene rings is 1. The SMILES string of the molecule is CCCC(CCC)c1nc(Cc2ccccc2)no1. The van der Waals surface area contributed by atoms with Gasteiger partial charge in [0.15, 0.2) is 5.82 Å². The van der Waals surface area contributed by atoms with E-state index in [0.29, 0.717) is 5.92 Å². The van der Waals surface area contributed by atoms with Gasteiger partial charge in [-0.3, -0.25) is 0 Å². The fraction of sp³-hybridized carbons (Fsp3) is 0.500. The highest BCUT2D eigenvalue weighted by Crippen LogP contribution is 2.25. The van der Waals surface area contributed by atoms with Gasteiger partial charge in [0.1, 0.15) is 0 Å². The summed E-state index contributed by atoms with van der Waals surface area (Å²) in [6.07, 6.45) is 5.30. The Labute approximate surface area is 115 Å². The Balaban J connectivity index is 2.05. The molecule has 0 amide bonds. The van der Waals surface area contributed by atoms with Gasteiger partial charge in [0.25, 0.3) is 0 Å². The number of hydrogen-bond donors (Lipinski definition) is 0. The third-order valence-electron chi connectivity index (χ3n) is 3.31. The lowest BCUT2D eigenvalue weighted by atomic mass is 9.98. The van der Waals surface area contributed by atoms with E-state index >= 15 is 0 Å². The lowest BCUT2D eigenvalue weighted by Crippen LogP contribution is -1.99. The molecule has 3 nitrogen and oxygen atoms in total. The van der Waals surface area contributed by atoms with Crippen molar-refractivity contribution in [2.24, 2.45) is 0 Å². The maximum Gasteiger partial charge on any atom is 0.229 e. The van der Waals surface area contributed by atoms with E-state index in [0.717, 1.165) is 43.8 Å². The molecule has 2 aromatic rings. The minimum Gasteiger partial charge on any atom is -0.339 e. The van der Waals surface area contributed by atoms with E-state index in [9.17, 15) is 0 Å². The molecule has 0 unspecified atom stereocenters. The third-order valence-corrected chi connectivity index (χ3v) is 3.31.